The summed E-state index contributed by atoms with van der Waals surface area (Å²) in [6.45, 7) is 6.27. The van der Waals surface area contributed by atoms with E-state index in [1.807, 2.05) is 26.8 Å². The number of ether oxygens (including phenoxy) is 1. The molecule has 2 unspecified atom stereocenters. The molecule has 1 aromatic carbocycles. The van der Waals surface area contributed by atoms with Gasteiger partial charge in [0.1, 0.15) is 11.6 Å². The molecule has 0 aromatic heterocycles. The van der Waals surface area contributed by atoms with Crippen LogP contribution in [0.1, 0.15) is 105 Å². The van der Waals surface area contributed by atoms with E-state index in [1.165, 1.54) is 0 Å². The van der Waals surface area contributed by atoms with Crippen molar-refractivity contribution in [3.63, 3.8) is 0 Å². The number of unbranched alkanes of at least 4 members (excludes halogenated alkanes) is 2. The quantitative estimate of drug-likeness (QED) is 0.335. The molecule has 0 radical (unpaired) electrons. The third kappa shape index (κ3) is 6.52. The van der Waals surface area contributed by atoms with Gasteiger partial charge < -0.3 is 20.3 Å². The number of nitrogens with zero attached hydrogens (tertiary/aromatic N) is 1. The predicted molar refractivity (Wildman–Crippen MR) is 139 cm³/mol. The van der Waals surface area contributed by atoms with Crippen molar-refractivity contribution in [1.29, 1.82) is 0 Å². The van der Waals surface area contributed by atoms with Crippen molar-refractivity contribution in [2.24, 2.45) is 0 Å². The van der Waals surface area contributed by atoms with Gasteiger partial charge in [0.25, 0.3) is 5.91 Å². The number of rotatable bonds is 9. The molecule has 0 spiro atoms. The Morgan fingerprint density at radius 2 is 1.82 bits per heavy atom. The second-order valence-corrected chi connectivity index (χ2v) is 11.3. The number of imide groups is 1. The summed E-state index contributed by atoms with van der Waals surface area (Å²) in [5.41, 5.74) is 3.05. The average molecular weight is 527 g/mol. The van der Waals surface area contributed by atoms with Gasteiger partial charge in [-0.2, -0.15) is 0 Å². The highest BCUT2D eigenvalue weighted by Crippen LogP contribution is 2.45. The molecule has 1 fully saturated rings. The zero-order chi connectivity index (χ0) is 27.4. The molecule has 3 aliphatic rings. The molecule has 1 saturated heterocycles. The third-order valence-electron chi connectivity index (χ3n) is 7.17. The first-order valence-electron chi connectivity index (χ1n) is 13.6. The van der Waals surface area contributed by atoms with Gasteiger partial charge in [0.05, 0.1) is 6.04 Å². The Labute approximate surface area is 223 Å². The normalized spacial score (nSPS) is 20.6. The van der Waals surface area contributed by atoms with E-state index in [-0.39, 0.29) is 30.2 Å². The van der Waals surface area contributed by atoms with Crippen LogP contribution in [0.25, 0.3) is 0 Å². The zero-order valence-electron chi connectivity index (χ0n) is 22.5. The van der Waals surface area contributed by atoms with Crippen molar-refractivity contribution in [2.75, 3.05) is 6.54 Å². The zero-order valence-corrected chi connectivity index (χ0v) is 22.5. The minimum atomic E-state index is -0.633. The van der Waals surface area contributed by atoms with Crippen LogP contribution in [0.2, 0.25) is 0 Å². The molecule has 3 N–H and O–H groups in total. The summed E-state index contributed by atoms with van der Waals surface area (Å²) in [6, 6.07) is 3.13. The summed E-state index contributed by atoms with van der Waals surface area (Å²) >= 11 is 0. The van der Waals surface area contributed by atoms with Crippen molar-refractivity contribution in [3.05, 3.63) is 34.4 Å². The van der Waals surface area contributed by atoms with Crippen LogP contribution in [-0.4, -0.2) is 52.8 Å². The number of aryl methyl sites for hydroxylation is 1. The van der Waals surface area contributed by atoms with E-state index in [1.54, 1.807) is 4.90 Å². The number of hydrogen-bond acceptors (Lipinski definition) is 6. The number of benzene rings is 1. The highest BCUT2D eigenvalue weighted by Gasteiger charge is 2.46. The summed E-state index contributed by atoms with van der Waals surface area (Å²) in [6.07, 6.45) is 5.35. The van der Waals surface area contributed by atoms with Crippen LogP contribution in [0, 0.1) is 0 Å². The van der Waals surface area contributed by atoms with Gasteiger partial charge in [-0.25, -0.2) is 4.79 Å². The molecule has 1 aliphatic carbocycles. The minimum absolute atomic E-state index is 0.0615. The Morgan fingerprint density at radius 3 is 2.55 bits per heavy atom. The van der Waals surface area contributed by atoms with Crippen LogP contribution in [0.15, 0.2) is 12.1 Å². The van der Waals surface area contributed by atoms with Crippen LogP contribution in [0.3, 0.4) is 0 Å². The summed E-state index contributed by atoms with van der Waals surface area (Å²) in [5, 5.41) is 8.04. The first-order chi connectivity index (χ1) is 18.0. The maximum absolute atomic E-state index is 13.4. The number of piperidine rings is 1. The molecule has 38 heavy (non-hydrogen) atoms. The van der Waals surface area contributed by atoms with Crippen LogP contribution < -0.4 is 16.0 Å². The molecule has 2 aliphatic heterocycles. The Hall–Kier alpha value is -3.43. The maximum atomic E-state index is 13.4. The van der Waals surface area contributed by atoms with E-state index in [0.29, 0.717) is 37.9 Å². The molecule has 5 amide bonds. The number of nitrogens with one attached hydrogen (secondary N) is 3. The van der Waals surface area contributed by atoms with Gasteiger partial charge in [0.2, 0.25) is 17.7 Å². The van der Waals surface area contributed by atoms with E-state index in [2.05, 4.69) is 22.0 Å². The maximum Gasteiger partial charge on any atom is 0.407 e. The van der Waals surface area contributed by atoms with Gasteiger partial charge in [-0.3, -0.25) is 24.5 Å². The lowest BCUT2D eigenvalue weighted by Crippen LogP contribution is -2.53. The first-order valence-corrected chi connectivity index (χ1v) is 13.6. The Kier molecular flexibility index (Phi) is 8.38. The molecule has 4 rings (SSSR count). The van der Waals surface area contributed by atoms with Gasteiger partial charge in [0.15, 0.2) is 0 Å². The fourth-order valence-electron chi connectivity index (χ4n) is 5.53. The highest BCUT2D eigenvalue weighted by atomic mass is 16.6. The second kappa shape index (κ2) is 11.5. The lowest BCUT2D eigenvalue weighted by Gasteiger charge is -2.36. The van der Waals surface area contributed by atoms with Gasteiger partial charge in [-0.1, -0.05) is 12.5 Å². The van der Waals surface area contributed by atoms with Crippen molar-refractivity contribution in [1.82, 2.24) is 20.9 Å². The molecule has 10 nitrogen and oxygen atoms in total. The van der Waals surface area contributed by atoms with Crippen LogP contribution in [-0.2, 0) is 32.1 Å². The Balaban J connectivity index is 1.27. The Morgan fingerprint density at radius 1 is 1.03 bits per heavy atom. The summed E-state index contributed by atoms with van der Waals surface area (Å²) in [7, 11) is 0. The van der Waals surface area contributed by atoms with Crippen LogP contribution in [0.4, 0.5) is 4.79 Å². The molecular weight excluding hydrogens is 488 g/mol. The largest absolute Gasteiger partial charge is 0.444 e. The molecular formula is C28H38N4O6. The molecule has 0 bridgehead atoms. The summed E-state index contributed by atoms with van der Waals surface area (Å²) in [5.74, 6) is -0.928. The third-order valence-corrected chi connectivity index (χ3v) is 7.17. The van der Waals surface area contributed by atoms with Gasteiger partial charge in [0, 0.05) is 31.5 Å². The fourth-order valence-corrected chi connectivity index (χ4v) is 5.53. The summed E-state index contributed by atoms with van der Waals surface area (Å²) in [4.78, 5) is 63.3. The standard InChI is InChI=1S/C28H38N4O6/c1-28(2,3)38-27(37)29-13-6-4-5-10-22(33)30-16-17-14-18-8-7-9-20-24(18)19(15-17)26(36)32(20)21-11-12-23(34)31-25(21)35/h14-15,20-21H,4-13,16H2,1-3H3,(H,29,37)(H,30,33)(H,31,34,35). The molecule has 2 atom stereocenters. The monoisotopic (exact) mass is 526 g/mol. The number of carbonyl (C=O) groups is 5. The van der Waals surface area contributed by atoms with E-state index in [0.717, 1.165) is 48.8 Å². The molecule has 206 valence electrons. The van der Waals surface area contributed by atoms with E-state index < -0.39 is 23.6 Å². The van der Waals surface area contributed by atoms with E-state index in [4.69, 9.17) is 4.74 Å². The minimum Gasteiger partial charge on any atom is -0.444 e. The van der Waals surface area contributed by atoms with Crippen molar-refractivity contribution in [2.45, 2.75) is 103 Å². The van der Waals surface area contributed by atoms with Crippen LogP contribution in [0.5, 0.6) is 0 Å². The number of alkyl carbamates (subject to hydrolysis) is 1. The molecule has 1 aromatic rings. The number of amides is 5. The summed E-state index contributed by atoms with van der Waals surface area (Å²) < 4.78 is 5.19. The van der Waals surface area contributed by atoms with Crippen LogP contribution >= 0.6 is 0 Å². The Bertz CT molecular complexity index is 1130. The van der Waals surface area contributed by atoms with Gasteiger partial charge in [-0.05, 0) is 82.1 Å². The average Bonchev–Trinajstić information content (AvgIpc) is 3.11. The number of carbonyl (C=O) groups excluding carboxylic acids is 5. The van der Waals surface area contributed by atoms with Crippen molar-refractivity contribution < 1.29 is 28.7 Å². The van der Waals surface area contributed by atoms with Gasteiger partial charge in [-0.15, -0.1) is 0 Å². The molecule has 10 heteroatoms. The molecule has 2 heterocycles. The highest BCUT2D eigenvalue weighted by molar-refractivity contribution is 6.06. The van der Waals surface area contributed by atoms with E-state index in [9.17, 15) is 24.0 Å². The van der Waals surface area contributed by atoms with E-state index >= 15 is 0 Å². The smallest absolute Gasteiger partial charge is 0.407 e. The second-order valence-electron chi connectivity index (χ2n) is 11.3. The lowest BCUT2D eigenvalue weighted by atomic mass is 9.85. The fraction of sp³-hybridized carbons (Fsp3) is 0.607. The molecule has 0 saturated carbocycles. The lowest BCUT2D eigenvalue weighted by molar-refractivity contribution is -0.137. The topological polar surface area (TPSA) is 134 Å². The predicted octanol–water partition coefficient (Wildman–Crippen LogP) is 3.03. The van der Waals surface area contributed by atoms with Crippen molar-refractivity contribution >= 4 is 29.7 Å². The number of hydrogen-bond donors (Lipinski definition) is 3. The van der Waals surface area contributed by atoms with Gasteiger partial charge >= 0.3 is 6.09 Å². The first kappa shape index (κ1) is 27.6. The van der Waals surface area contributed by atoms with Crippen molar-refractivity contribution in [3.8, 4) is 0 Å². The SMILES string of the molecule is CC(C)(C)OC(=O)NCCCCCC(=O)NCc1cc2c3c(c1)C(=O)N(C1CCC(=O)NC1=O)C3CCC2.